The lowest BCUT2D eigenvalue weighted by molar-refractivity contribution is -0.116. The second kappa shape index (κ2) is 11.2. The molecule has 1 aliphatic rings. The van der Waals surface area contributed by atoms with E-state index >= 15 is 0 Å². The van der Waals surface area contributed by atoms with E-state index in [0.717, 1.165) is 22.6 Å². The van der Waals surface area contributed by atoms with E-state index in [9.17, 15) is 9.90 Å². The van der Waals surface area contributed by atoms with E-state index in [2.05, 4.69) is 26.6 Å². The first-order valence-electron chi connectivity index (χ1n) is 12.8. The van der Waals surface area contributed by atoms with Crippen LogP contribution in [0, 0.1) is 13.8 Å². The molecule has 1 fully saturated rings. The van der Waals surface area contributed by atoms with Crippen molar-refractivity contribution < 1.29 is 14.6 Å². The first kappa shape index (κ1) is 26.2. The zero-order chi connectivity index (χ0) is 27.5. The Morgan fingerprint density at radius 1 is 1.10 bits per heavy atom. The Hall–Kier alpha value is -4.37. The number of pyridine rings is 1. The van der Waals surface area contributed by atoms with E-state index in [-0.39, 0.29) is 30.2 Å². The molecule has 200 valence electrons. The Bertz CT molecular complexity index is 1500. The highest BCUT2D eigenvalue weighted by Crippen LogP contribution is 2.42. The third kappa shape index (κ3) is 5.18. The van der Waals surface area contributed by atoms with Crippen LogP contribution in [-0.4, -0.2) is 44.2 Å². The summed E-state index contributed by atoms with van der Waals surface area (Å²) in [7, 11) is 1.58. The van der Waals surface area contributed by atoms with Crippen molar-refractivity contribution in [2.75, 3.05) is 19.0 Å². The van der Waals surface area contributed by atoms with Crippen LogP contribution in [0.1, 0.15) is 41.1 Å². The summed E-state index contributed by atoms with van der Waals surface area (Å²) in [5.74, 6) is 0.674. The number of carbonyl (C=O) groups excluding carboxylic acids is 1. The number of aromatic hydroxyl groups is 1. The van der Waals surface area contributed by atoms with Crippen LogP contribution in [0.25, 0.3) is 5.69 Å². The van der Waals surface area contributed by atoms with E-state index in [1.54, 1.807) is 19.4 Å². The van der Waals surface area contributed by atoms with Crippen molar-refractivity contribution in [2.45, 2.75) is 32.4 Å². The molecular weight excluding hydrogens is 510 g/mol. The number of hydrogen-bond acceptors (Lipinski definition) is 5. The van der Waals surface area contributed by atoms with Crippen LogP contribution in [0.3, 0.4) is 0 Å². The van der Waals surface area contributed by atoms with Crippen LogP contribution in [0.5, 0.6) is 11.5 Å². The minimum absolute atomic E-state index is 0.137. The fraction of sp³-hybridized carbons (Fsp3) is 0.233. The average Bonchev–Trinajstić information content (AvgIpc) is 3.42. The molecule has 9 heteroatoms. The molecule has 3 heterocycles. The average molecular weight is 542 g/mol. The quantitative estimate of drug-likeness (QED) is 0.264. The van der Waals surface area contributed by atoms with Crippen LogP contribution in [0.2, 0.25) is 0 Å². The van der Waals surface area contributed by atoms with Crippen LogP contribution in [0.4, 0.5) is 5.69 Å². The zero-order valence-electron chi connectivity index (χ0n) is 22.1. The largest absolute Gasteiger partial charge is 0.506 e. The summed E-state index contributed by atoms with van der Waals surface area (Å²) in [6, 6.07) is 22.1. The number of amides is 1. The number of anilines is 1. The number of phenols is 1. The van der Waals surface area contributed by atoms with Crippen molar-refractivity contribution in [3.8, 4) is 17.2 Å². The lowest BCUT2D eigenvalue weighted by Crippen LogP contribution is -2.33. The third-order valence-corrected chi connectivity index (χ3v) is 7.42. The van der Waals surface area contributed by atoms with E-state index in [1.165, 1.54) is 0 Å². The number of carbonyl (C=O) groups is 1. The van der Waals surface area contributed by atoms with Crippen LogP contribution < -0.4 is 15.4 Å². The molecule has 1 amide bonds. The zero-order valence-corrected chi connectivity index (χ0v) is 22.9. The van der Waals surface area contributed by atoms with Crippen molar-refractivity contribution in [3.05, 3.63) is 102 Å². The highest BCUT2D eigenvalue weighted by molar-refractivity contribution is 7.80. The number of thiocarbonyl (C=S) groups is 1. The standard InChI is InChI=1S/C30H31N5O3S/c1-19-18-21(20(2)35(19)24-12-5-6-13-25(24)36)29-28(23-11-8-9-16-31-23)33-30(39)34(29)17-15-27(37)32-22-10-4-7-14-26(22)38-3/h4-14,16,18,28-29,36H,15,17H2,1-3H3,(H,32,37)(H,33,39). The van der Waals surface area contributed by atoms with Gasteiger partial charge in [0.2, 0.25) is 5.91 Å². The maximum absolute atomic E-state index is 13.0. The first-order chi connectivity index (χ1) is 18.9. The monoisotopic (exact) mass is 541 g/mol. The fourth-order valence-electron chi connectivity index (χ4n) is 5.28. The second-order valence-electron chi connectivity index (χ2n) is 9.47. The van der Waals surface area contributed by atoms with E-state index in [0.29, 0.717) is 28.8 Å². The Balaban J connectivity index is 1.47. The van der Waals surface area contributed by atoms with Gasteiger partial charge in [-0.1, -0.05) is 30.3 Å². The molecule has 5 rings (SSSR count). The number of hydrogen-bond donors (Lipinski definition) is 3. The number of aryl methyl sites for hydroxylation is 1. The minimum atomic E-state index is -0.214. The third-order valence-electron chi connectivity index (χ3n) is 7.07. The van der Waals surface area contributed by atoms with E-state index in [4.69, 9.17) is 17.0 Å². The normalized spacial score (nSPS) is 16.7. The van der Waals surface area contributed by atoms with Gasteiger partial charge < -0.3 is 29.9 Å². The molecule has 0 bridgehead atoms. The van der Waals surface area contributed by atoms with Gasteiger partial charge in [0, 0.05) is 30.6 Å². The van der Waals surface area contributed by atoms with Crippen molar-refractivity contribution in [3.63, 3.8) is 0 Å². The van der Waals surface area contributed by atoms with Gasteiger partial charge in [0.1, 0.15) is 11.5 Å². The number of aromatic nitrogens is 2. The lowest BCUT2D eigenvalue weighted by atomic mass is 9.96. The van der Waals surface area contributed by atoms with Crippen molar-refractivity contribution in [1.82, 2.24) is 19.8 Å². The molecule has 1 saturated heterocycles. The summed E-state index contributed by atoms with van der Waals surface area (Å²) in [5.41, 5.74) is 5.21. The van der Waals surface area contributed by atoms with Gasteiger partial charge in [-0.2, -0.15) is 0 Å². The molecule has 8 nitrogen and oxygen atoms in total. The Kier molecular flexibility index (Phi) is 7.51. The minimum Gasteiger partial charge on any atom is -0.506 e. The van der Waals surface area contributed by atoms with Gasteiger partial charge in [0.05, 0.1) is 36.3 Å². The molecule has 2 unspecified atom stereocenters. The van der Waals surface area contributed by atoms with Gasteiger partial charge >= 0.3 is 0 Å². The van der Waals surface area contributed by atoms with E-state index in [1.807, 2.05) is 79.1 Å². The number of rotatable bonds is 8. The Labute approximate surface area is 233 Å². The van der Waals surface area contributed by atoms with Crippen LogP contribution in [-0.2, 0) is 4.79 Å². The predicted molar refractivity (Wildman–Crippen MR) is 155 cm³/mol. The van der Waals surface area contributed by atoms with Gasteiger partial charge in [-0.3, -0.25) is 9.78 Å². The number of ether oxygens (including phenoxy) is 1. The lowest BCUT2D eigenvalue weighted by Gasteiger charge is -2.28. The molecule has 0 radical (unpaired) electrons. The molecule has 3 N–H and O–H groups in total. The molecule has 39 heavy (non-hydrogen) atoms. The number of para-hydroxylation sites is 4. The van der Waals surface area contributed by atoms with Gasteiger partial charge in [0.25, 0.3) is 0 Å². The molecular formula is C30H31N5O3S. The molecule has 0 aliphatic carbocycles. The Morgan fingerprint density at radius 2 is 1.85 bits per heavy atom. The maximum atomic E-state index is 13.0. The summed E-state index contributed by atoms with van der Waals surface area (Å²) in [6.45, 7) is 4.46. The number of phenolic OH excluding ortho intramolecular Hbond substituents is 1. The number of benzene rings is 2. The Morgan fingerprint density at radius 3 is 2.59 bits per heavy atom. The molecule has 0 saturated carbocycles. The van der Waals surface area contributed by atoms with E-state index < -0.39 is 0 Å². The molecule has 1 aliphatic heterocycles. The van der Waals surface area contributed by atoms with Gasteiger partial charge in [-0.15, -0.1) is 0 Å². The van der Waals surface area contributed by atoms with Gasteiger partial charge in [-0.25, -0.2) is 0 Å². The smallest absolute Gasteiger partial charge is 0.226 e. The summed E-state index contributed by atoms with van der Waals surface area (Å²) < 4.78 is 7.42. The highest BCUT2D eigenvalue weighted by Gasteiger charge is 2.41. The number of nitrogens with one attached hydrogen (secondary N) is 2. The van der Waals surface area contributed by atoms with Gasteiger partial charge in [0.15, 0.2) is 5.11 Å². The first-order valence-corrected chi connectivity index (χ1v) is 13.2. The summed E-state index contributed by atoms with van der Waals surface area (Å²) >= 11 is 5.80. The predicted octanol–water partition coefficient (Wildman–Crippen LogP) is 5.20. The fourth-order valence-corrected chi connectivity index (χ4v) is 5.61. The van der Waals surface area contributed by atoms with Crippen LogP contribution >= 0.6 is 12.2 Å². The molecule has 2 aromatic carbocycles. The van der Waals surface area contributed by atoms with Gasteiger partial charge in [-0.05, 0) is 74.1 Å². The maximum Gasteiger partial charge on any atom is 0.226 e. The summed E-state index contributed by atoms with van der Waals surface area (Å²) in [6.07, 6.45) is 2.00. The molecule has 4 aromatic rings. The molecule has 2 atom stereocenters. The number of methoxy groups -OCH3 is 1. The van der Waals surface area contributed by atoms with Crippen LogP contribution in [0.15, 0.2) is 79.0 Å². The molecule has 0 spiro atoms. The molecule has 2 aromatic heterocycles. The second-order valence-corrected chi connectivity index (χ2v) is 9.86. The van der Waals surface area contributed by atoms with Crippen molar-refractivity contribution >= 4 is 28.9 Å². The summed E-state index contributed by atoms with van der Waals surface area (Å²) in [4.78, 5) is 19.7. The SMILES string of the molecule is COc1ccccc1NC(=O)CCN1C(=S)NC(c2ccccn2)C1c1cc(C)n(-c2ccccc2O)c1C. The summed E-state index contributed by atoms with van der Waals surface area (Å²) in [5, 5.41) is 17.6. The van der Waals surface area contributed by atoms with Crippen molar-refractivity contribution in [2.24, 2.45) is 0 Å². The highest BCUT2D eigenvalue weighted by atomic mass is 32.1. The van der Waals surface area contributed by atoms with Crippen molar-refractivity contribution in [1.29, 1.82) is 0 Å². The topological polar surface area (TPSA) is 91.7 Å². The number of nitrogens with zero attached hydrogens (tertiary/aromatic N) is 3.